The summed E-state index contributed by atoms with van der Waals surface area (Å²) in [4.78, 5) is 0. The molecule has 0 heterocycles. The Kier molecular flexibility index (Phi) is 4.37. The quantitative estimate of drug-likeness (QED) is 0.729. The zero-order chi connectivity index (χ0) is 14.7. The minimum absolute atomic E-state index is 0.755. The highest BCUT2D eigenvalue weighted by atomic mass is 14.5. The summed E-state index contributed by atoms with van der Waals surface area (Å²) in [5.74, 6) is 0. The first-order chi connectivity index (χ1) is 10.3. The molecule has 0 saturated heterocycles. The van der Waals surface area contributed by atoms with Crippen LogP contribution in [0.3, 0.4) is 0 Å². The maximum atomic E-state index is 5.70. The fourth-order valence-corrected chi connectivity index (χ4v) is 3.41. The van der Waals surface area contributed by atoms with Crippen molar-refractivity contribution in [3.05, 3.63) is 58.7 Å². The number of rotatable bonds is 6. The third kappa shape index (κ3) is 2.74. The van der Waals surface area contributed by atoms with E-state index in [2.05, 4.69) is 36.4 Å². The molecular weight excluding hydrogens is 256 g/mol. The molecule has 0 spiro atoms. The van der Waals surface area contributed by atoms with Crippen LogP contribution in [0.2, 0.25) is 0 Å². The molecule has 2 nitrogen and oxygen atoms in total. The minimum atomic E-state index is 0.755. The van der Waals surface area contributed by atoms with E-state index in [1.54, 1.807) is 0 Å². The van der Waals surface area contributed by atoms with Crippen molar-refractivity contribution in [2.75, 3.05) is 13.1 Å². The van der Waals surface area contributed by atoms with E-state index in [-0.39, 0.29) is 0 Å². The lowest BCUT2D eigenvalue weighted by Gasteiger charge is -2.13. The second-order valence-corrected chi connectivity index (χ2v) is 5.86. The molecule has 0 amide bonds. The first-order valence-electron chi connectivity index (χ1n) is 7.97. The van der Waals surface area contributed by atoms with Crippen LogP contribution >= 0.6 is 0 Å². The summed E-state index contributed by atoms with van der Waals surface area (Å²) in [5, 5.41) is 0. The van der Waals surface area contributed by atoms with Gasteiger partial charge in [-0.1, -0.05) is 36.4 Å². The maximum absolute atomic E-state index is 5.70. The number of fused-ring (bicyclic) bond motifs is 3. The Balaban J connectivity index is 2.05. The van der Waals surface area contributed by atoms with Crippen molar-refractivity contribution in [2.24, 2.45) is 11.5 Å². The first kappa shape index (κ1) is 14.3. The summed E-state index contributed by atoms with van der Waals surface area (Å²) in [6, 6.07) is 13.4. The summed E-state index contributed by atoms with van der Waals surface area (Å²) >= 11 is 0. The Morgan fingerprint density at radius 1 is 0.810 bits per heavy atom. The smallest absolute Gasteiger partial charge is 0.00106 e. The van der Waals surface area contributed by atoms with E-state index < -0.39 is 0 Å². The van der Waals surface area contributed by atoms with Crippen molar-refractivity contribution >= 4 is 0 Å². The first-order valence-corrected chi connectivity index (χ1v) is 7.97. The van der Waals surface area contributed by atoms with Gasteiger partial charge in [-0.05, 0) is 78.6 Å². The topological polar surface area (TPSA) is 52.0 Å². The molecule has 0 radical (unpaired) electrons. The molecular formula is C19H24N2. The number of aryl methyl sites for hydroxylation is 2. The van der Waals surface area contributed by atoms with Crippen molar-refractivity contribution in [1.29, 1.82) is 0 Å². The van der Waals surface area contributed by atoms with Crippen LogP contribution in [-0.4, -0.2) is 13.1 Å². The average molecular weight is 280 g/mol. The van der Waals surface area contributed by atoms with Crippen LogP contribution in [0.1, 0.15) is 35.1 Å². The van der Waals surface area contributed by atoms with E-state index in [4.69, 9.17) is 11.5 Å². The van der Waals surface area contributed by atoms with E-state index >= 15 is 0 Å². The molecule has 1 aliphatic rings. The summed E-state index contributed by atoms with van der Waals surface area (Å²) < 4.78 is 0. The van der Waals surface area contributed by atoms with E-state index in [0.29, 0.717) is 0 Å². The van der Waals surface area contributed by atoms with Gasteiger partial charge in [-0.25, -0.2) is 0 Å². The van der Waals surface area contributed by atoms with E-state index in [9.17, 15) is 0 Å². The normalized spacial score (nSPS) is 12.3. The van der Waals surface area contributed by atoms with Crippen LogP contribution in [0.4, 0.5) is 0 Å². The molecule has 0 fully saturated rings. The Labute approximate surface area is 127 Å². The van der Waals surface area contributed by atoms with Gasteiger partial charge in [0.1, 0.15) is 0 Å². The van der Waals surface area contributed by atoms with Gasteiger partial charge in [0.15, 0.2) is 0 Å². The average Bonchev–Trinajstić information content (AvgIpc) is 2.91. The largest absolute Gasteiger partial charge is 0.330 e. The second kappa shape index (κ2) is 6.42. The summed E-state index contributed by atoms with van der Waals surface area (Å²) in [6.07, 6.45) is 5.35. The van der Waals surface area contributed by atoms with Crippen LogP contribution in [0.25, 0.3) is 11.1 Å². The monoisotopic (exact) mass is 280 g/mol. The molecule has 0 unspecified atom stereocenters. The van der Waals surface area contributed by atoms with Gasteiger partial charge < -0.3 is 11.5 Å². The number of nitrogens with two attached hydrogens (primary N) is 2. The zero-order valence-electron chi connectivity index (χ0n) is 12.6. The fraction of sp³-hybridized carbons (Fsp3) is 0.368. The highest BCUT2D eigenvalue weighted by Crippen LogP contribution is 2.41. The molecule has 4 N–H and O–H groups in total. The molecule has 2 heteroatoms. The van der Waals surface area contributed by atoms with Gasteiger partial charge in [-0.2, -0.15) is 0 Å². The molecule has 0 saturated carbocycles. The van der Waals surface area contributed by atoms with Gasteiger partial charge in [0.25, 0.3) is 0 Å². The van der Waals surface area contributed by atoms with E-state index in [0.717, 1.165) is 45.2 Å². The van der Waals surface area contributed by atoms with Crippen molar-refractivity contribution in [1.82, 2.24) is 0 Å². The van der Waals surface area contributed by atoms with Gasteiger partial charge in [-0.3, -0.25) is 0 Å². The van der Waals surface area contributed by atoms with E-state index in [1.165, 1.54) is 33.4 Å². The van der Waals surface area contributed by atoms with Crippen LogP contribution in [0.5, 0.6) is 0 Å². The third-order valence-electron chi connectivity index (χ3n) is 4.45. The number of hydrogen-bond donors (Lipinski definition) is 2. The highest BCUT2D eigenvalue weighted by Gasteiger charge is 2.23. The fourth-order valence-electron chi connectivity index (χ4n) is 3.41. The highest BCUT2D eigenvalue weighted by molar-refractivity contribution is 5.80. The third-order valence-corrected chi connectivity index (χ3v) is 4.45. The lowest BCUT2D eigenvalue weighted by atomic mass is 9.91. The zero-order valence-corrected chi connectivity index (χ0v) is 12.6. The molecule has 0 bridgehead atoms. The van der Waals surface area contributed by atoms with Crippen LogP contribution in [0.15, 0.2) is 36.4 Å². The number of benzene rings is 2. The molecule has 21 heavy (non-hydrogen) atoms. The van der Waals surface area contributed by atoms with Crippen molar-refractivity contribution in [2.45, 2.75) is 32.1 Å². The van der Waals surface area contributed by atoms with Crippen LogP contribution in [0, 0.1) is 0 Å². The molecule has 1 aliphatic carbocycles. The Hall–Kier alpha value is -1.64. The van der Waals surface area contributed by atoms with Crippen molar-refractivity contribution in [3.8, 4) is 11.1 Å². The molecule has 2 aromatic carbocycles. The molecule has 3 rings (SSSR count). The number of hydrogen-bond acceptors (Lipinski definition) is 2. The predicted octanol–water partition coefficient (Wildman–Crippen LogP) is 3.04. The SMILES string of the molecule is NCCCc1ccc(CCCN)c2c1Cc1ccccc1-2. The minimum Gasteiger partial charge on any atom is -0.330 e. The molecule has 0 aromatic heterocycles. The molecule has 0 atom stereocenters. The maximum Gasteiger partial charge on any atom is -0.00106 e. The van der Waals surface area contributed by atoms with Gasteiger partial charge in [0, 0.05) is 0 Å². The lowest BCUT2D eigenvalue weighted by molar-refractivity contribution is 0.817. The predicted molar refractivity (Wildman–Crippen MR) is 89.4 cm³/mol. The molecule has 110 valence electrons. The Bertz CT molecular complexity index is 631. The van der Waals surface area contributed by atoms with Gasteiger partial charge in [0.2, 0.25) is 0 Å². The van der Waals surface area contributed by atoms with Gasteiger partial charge in [0.05, 0.1) is 0 Å². The second-order valence-electron chi connectivity index (χ2n) is 5.86. The summed E-state index contributed by atoms with van der Waals surface area (Å²) in [7, 11) is 0. The van der Waals surface area contributed by atoms with Gasteiger partial charge in [-0.15, -0.1) is 0 Å². The van der Waals surface area contributed by atoms with Crippen molar-refractivity contribution < 1.29 is 0 Å². The van der Waals surface area contributed by atoms with Crippen LogP contribution in [-0.2, 0) is 19.3 Å². The standard InChI is InChI=1S/C19H24N2/c20-11-3-6-14-9-10-15(7-4-12-21)19-17-8-2-1-5-16(17)13-18(14)19/h1-2,5,8-10H,3-4,6-7,11-13,20-21H2. The summed E-state index contributed by atoms with van der Waals surface area (Å²) in [6.45, 7) is 1.52. The Morgan fingerprint density at radius 3 is 2.24 bits per heavy atom. The van der Waals surface area contributed by atoms with Crippen LogP contribution < -0.4 is 11.5 Å². The van der Waals surface area contributed by atoms with E-state index in [1.807, 2.05) is 0 Å². The molecule has 0 aliphatic heterocycles. The summed E-state index contributed by atoms with van der Waals surface area (Å²) in [5.41, 5.74) is 20.2. The van der Waals surface area contributed by atoms with Gasteiger partial charge >= 0.3 is 0 Å². The Morgan fingerprint density at radius 2 is 1.48 bits per heavy atom. The molecule has 2 aromatic rings. The lowest BCUT2D eigenvalue weighted by Crippen LogP contribution is -2.04. The van der Waals surface area contributed by atoms with Crippen molar-refractivity contribution in [3.63, 3.8) is 0 Å².